The zero-order valence-electron chi connectivity index (χ0n) is 15.2. The first-order valence-corrected chi connectivity index (χ1v) is 8.70. The molecule has 1 aromatic carbocycles. The van der Waals surface area contributed by atoms with Crippen molar-refractivity contribution in [2.24, 2.45) is 5.92 Å². The molecule has 0 spiro atoms. The van der Waals surface area contributed by atoms with Crippen LogP contribution >= 0.6 is 0 Å². The van der Waals surface area contributed by atoms with Crippen molar-refractivity contribution in [2.45, 2.75) is 12.5 Å². The highest BCUT2D eigenvalue weighted by atomic mass is 16.5. The van der Waals surface area contributed by atoms with Crippen molar-refractivity contribution in [3.8, 4) is 0 Å². The van der Waals surface area contributed by atoms with Gasteiger partial charge in [-0.05, 0) is 32.6 Å². The summed E-state index contributed by atoms with van der Waals surface area (Å²) in [6.45, 7) is 1.32. The van der Waals surface area contributed by atoms with Gasteiger partial charge in [0.15, 0.2) is 11.4 Å². The number of fused-ring (bicyclic) bond motifs is 3. The second-order valence-corrected chi connectivity index (χ2v) is 6.95. The second-order valence-electron chi connectivity index (χ2n) is 6.95. The summed E-state index contributed by atoms with van der Waals surface area (Å²) in [5.74, 6) is 0.346. The molecule has 0 N–H and O–H groups in total. The fourth-order valence-corrected chi connectivity index (χ4v) is 3.69. The SMILES string of the molecule is COC(=O)C1CC(N(C)C)CN(c2ncnc3c2oc2ccccc23)C1. The Balaban J connectivity index is 1.78. The van der Waals surface area contributed by atoms with Gasteiger partial charge in [-0.15, -0.1) is 0 Å². The molecule has 4 rings (SSSR count). The average Bonchev–Trinajstić information content (AvgIpc) is 3.05. The Morgan fingerprint density at radius 2 is 2.08 bits per heavy atom. The first kappa shape index (κ1) is 16.8. The number of carbonyl (C=O) groups is 1. The van der Waals surface area contributed by atoms with E-state index in [2.05, 4.69) is 19.8 Å². The van der Waals surface area contributed by atoms with Crippen LogP contribution in [0.3, 0.4) is 0 Å². The predicted octanol–water partition coefficient (Wildman–Crippen LogP) is 2.31. The Hall–Kier alpha value is -2.67. The molecule has 0 bridgehead atoms. The molecule has 2 unspecified atom stereocenters. The van der Waals surface area contributed by atoms with E-state index in [-0.39, 0.29) is 17.9 Å². The normalized spacial score (nSPS) is 20.8. The summed E-state index contributed by atoms with van der Waals surface area (Å²) < 4.78 is 11.1. The largest absolute Gasteiger partial charge is 0.469 e. The highest BCUT2D eigenvalue weighted by Gasteiger charge is 2.35. The molecule has 0 aliphatic carbocycles. The molecule has 7 nitrogen and oxygen atoms in total. The summed E-state index contributed by atoms with van der Waals surface area (Å²) in [5.41, 5.74) is 2.25. The van der Waals surface area contributed by atoms with Crippen LogP contribution in [0, 0.1) is 5.92 Å². The Morgan fingerprint density at radius 3 is 2.85 bits per heavy atom. The van der Waals surface area contributed by atoms with Gasteiger partial charge in [-0.1, -0.05) is 12.1 Å². The lowest BCUT2D eigenvalue weighted by Gasteiger charge is -2.39. The number of furan rings is 1. The molecular formula is C19H22N4O3. The second kappa shape index (κ2) is 6.57. The van der Waals surface area contributed by atoms with Crippen molar-refractivity contribution in [3.63, 3.8) is 0 Å². The number of esters is 1. The molecule has 0 radical (unpaired) electrons. The molecule has 1 saturated heterocycles. The van der Waals surface area contributed by atoms with Crippen LogP contribution in [0.15, 0.2) is 35.0 Å². The summed E-state index contributed by atoms with van der Waals surface area (Å²) >= 11 is 0. The smallest absolute Gasteiger partial charge is 0.310 e. The van der Waals surface area contributed by atoms with Crippen LogP contribution < -0.4 is 4.90 Å². The number of nitrogens with zero attached hydrogens (tertiary/aromatic N) is 4. The minimum atomic E-state index is -0.199. The molecule has 0 amide bonds. The van der Waals surface area contributed by atoms with Gasteiger partial charge in [-0.3, -0.25) is 4.79 Å². The van der Waals surface area contributed by atoms with E-state index in [1.54, 1.807) is 6.33 Å². The third-order valence-electron chi connectivity index (χ3n) is 5.13. The summed E-state index contributed by atoms with van der Waals surface area (Å²) in [5, 5.41) is 0.969. The van der Waals surface area contributed by atoms with Gasteiger partial charge in [0.05, 0.1) is 13.0 Å². The van der Waals surface area contributed by atoms with Gasteiger partial charge in [0, 0.05) is 24.5 Å². The fraction of sp³-hybridized carbons (Fsp3) is 0.421. The third-order valence-corrected chi connectivity index (χ3v) is 5.13. The molecule has 0 saturated carbocycles. The number of rotatable bonds is 3. The Labute approximate surface area is 151 Å². The fourth-order valence-electron chi connectivity index (χ4n) is 3.69. The zero-order chi connectivity index (χ0) is 18.3. The van der Waals surface area contributed by atoms with Crippen LogP contribution in [0.1, 0.15) is 6.42 Å². The number of hydrogen-bond acceptors (Lipinski definition) is 7. The molecule has 26 heavy (non-hydrogen) atoms. The summed E-state index contributed by atoms with van der Waals surface area (Å²) in [4.78, 5) is 25.3. The van der Waals surface area contributed by atoms with E-state index in [4.69, 9.17) is 9.15 Å². The Morgan fingerprint density at radius 1 is 1.27 bits per heavy atom. The van der Waals surface area contributed by atoms with E-state index in [0.717, 1.165) is 35.3 Å². The first-order chi connectivity index (χ1) is 12.6. The highest BCUT2D eigenvalue weighted by Crippen LogP contribution is 2.34. The van der Waals surface area contributed by atoms with Gasteiger partial charge in [0.1, 0.15) is 17.4 Å². The number of benzene rings is 1. The van der Waals surface area contributed by atoms with E-state index in [0.29, 0.717) is 12.1 Å². The van der Waals surface area contributed by atoms with Gasteiger partial charge < -0.3 is 19.0 Å². The summed E-state index contributed by atoms with van der Waals surface area (Å²) in [7, 11) is 5.49. The number of ether oxygens (including phenoxy) is 1. The number of likely N-dealkylation sites (N-methyl/N-ethyl adjacent to an activating group) is 1. The molecule has 3 aromatic rings. The van der Waals surface area contributed by atoms with E-state index in [1.165, 1.54) is 7.11 Å². The number of para-hydroxylation sites is 1. The lowest BCUT2D eigenvalue weighted by atomic mass is 9.93. The monoisotopic (exact) mass is 354 g/mol. The van der Waals surface area contributed by atoms with Gasteiger partial charge >= 0.3 is 5.97 Å². The van der Waals surface area contributed by atoms with Crippen LogP contribution in [0.4, 0.5) is 5.82 Å². The maximum absolute atomic E-state index is 12.2. The van der Waals surface area contributed by atoms with Crippen molar-refractivity contribution < 1.29 is 13.9 Å². The lowest BCUT2D eigenvalue weighted by Crippen LogP contribution is -2.51. The molecule has 1 aliphatic rings. The van der Waals surface area contributed by atoms with E-state index in [1.807, 2.05) is 38.4 Å². The average molecular weight is 354 g/mol. The van der Waals surface area contributed by atoms with Gasteiger partial charge in [-0.2, -0.15) is 0 Å². The molecule has 1 fully saturated rings. The number of aromatic nitrogens is 2. The number of carbonyl (C=O) groups excluding carboxylic acids is 1. The van der Waals surface area contributed by atoms with Crippen molar-refractivity contribution in [3.05, 3.63) is 30.6 Å². The first-order valence-electron chi connectivity index (χ1n) is 8.70. The van der Waals surface area contributed by atoms with E-state index in [9.17, 15) is 4.79 Å². The standard InChI is InChI=1S/C19H22N4O3/c1-22(2)13-8-12(19(24)25-3)9-23(10-13)18-17-16(20-11-21-18)14-6-4-5-7-15(14)26-17/h4-7,11-13H,8-10H2,1-3H3. The zero-order valence-corrected chi connectivity index (χ0v) is 15.2. The minimum absolute atomic E-state index is 0.184. The van der Waals surface area contributed by atoms with Crippen LogP contribution in [-0.4, -0.2) is 61.2 Å². The van der Waals surface area contributed by atoms with Gasteiger partial charge in [-0.25, -0.2) is 9.97 Å². The topological polar surface area (TPSA) is 71.7 Å². The Kier molecular flexibility index (Phi) is 4.24. The van der Waals surface area contributed by atoms with Crippen LogP contribution in [-0.2, 0) is 9.53 Å². The van der Waals surface area contributed by atoms with Crippen LogP contribution in [0.2, 0.25) is 0 Å². The molecule has 1 aliphatic heterocycles. The van der Waals surface area contributed by atoms with Crippen molar-refractivity contribution in [2.75, 3.05) is 39.2 Å². The number of piperidine rings is 1. The molecule has 2 atom stereocenters. The van der Waals surface area contributed by atoms with E-state index < -0.39 is 0 Å². The van der Waals surface area contributed by atoms with Gasteiger partial charge in [0.25, 0.3) is 0 Å². The summed E-state index contributed by atoms with van der Waals surface area (Å²) in [6.07, 6.45) is 2.33. The molecule has 136 valence electrons. The molecule has 2 aromatic heterocycles. The van der Waals surface area contributed by atoms with E-state index >= 15 is 0 Å². The quantitative estimate of drug-likeness (QED) is 0.668. The van der Waals surface area contributed by atoms with Gasteiger partial charge in [0.2, 0.25) is 0 Å². The predicted molar refractivity (Wildman–Crippen MR) is 99.1 cm³/mol. The van der Waals surface area contributed by atoms with Crippen molar-refractivity contribution in [1.82, 2.24) is 14.9 Å². The van der Waals surface area contributed by atoms with Crippen molar-refractivity contribution >= 4 is 33.9 Å². The highest BCUT2D eigenvalue weighted by molar-refractivity contribution is 6.05. The third kappa shape index (κ3) is 2.78. The number of hydrogen-bond donors (Lipinski definition) is 0. The maximum atomic E-state index is 12.2. The maximum Gasteiger partial charge on any atom is 0.310 e. The summed E-state index contributed by atoms with van der Waals surface area (Å²) in [6, 6.07) is 8.05. The van der Waals surface area contributed by atoms with Crippen LogP contribution in [0.5, 0.6) is 0 Å². The van der Waals surface area contributed by atoms with Crippen LogP contribution in [0.25, 0.3) is 22.1 Å². The van der Waals surface area contributed by atoms with Crippen molar-refractivity contribution in [1.29, 1.82) is 0 Å². The number of methoxy groups -OCH3 is 1. The molecule has 7 heteroatoms. The molecule has 3 heterocycles. The lowest BCUT2D eigenvalue weighted by molar-refractivity contribution is -0.146. The number of anilines is 1. The molecular weight excluding hydrogens is 332 g/mol. The minimum Gasteiger partial charge on any atom is -0.469 e. The Bertz CT molecular complexity index is 952.